The number of aryl methyl sites for hydroxylation is 2. The predicted molar refractivity (Wildman–Crippen MR) is 150 cm³/mol. The van der Waals surface area contributed by atoms with Crippen LogP contribution in [0.25, 0.3) is 0 Å². The number of carbonyl (C=O) groups is 3. The molecular formula is C29H41N3O4S. The Bertz CT molecular complexity index is 1050. The van der Waals surface area contributed by atoms with E-state index in [0.29, 0.717) is 25.3 Å². The molecular weight excluding hydrogens is 486 g/mol. The van der Waals surface area contributed by atoms with E-state index in [4.69, 9.17) is 4.74 Å². The van der Waals surface area contributed by atoms with E-state index >= 15 is 0 Å². The Hall–Kier alpha value is -3.00. The third kappa shape index (κ3) is 9.43. The van der Waals surface area contributed by atoms with Crippen molar-refractivity contribution < 1.29 is 19.1 Å². The molecule has 7 nitrogen and oxygen atoms in total. The van der Waals surface area contributed by atoms with Crippen molar-refractivity contribution in [1.29, 1.82) is 0 Å². The van der Waals surface area contributed by atoms with Gasteiger partial charge in [0.05, 0.1) is 0 Å². The largest absolute Gasteiger partial charge is 0.444 e. The molecule has 2 unspecified atom stereocenters. The maximum absolute atomic E-state index is 13.9. The van der Waals surface area contributed by atoms with Crippen LogP contribution in [0.5, 0.6) is 0 Å². The van der Waals surface area contributed by atoms with Gasteiger partial charge in [0.25, 0.3) is 0 Å². The molecule has 0 aliphatic heterocycles. The van der Waals surface area contributed by atoms with Crippen LogP contribution in [-0.4, -0.2) is 53.0 Å². The van der Waals surface area contributed by atoms with Crippen LogP contribution in [0.2, 0.25) is 0 Å². The number of hydrogen-bond acceptors (Lipinski definition) is 5. The lowest BCUT2D eigenvalue weighted by Crippen LogP contribution is -2.53. The summed E-state index contributed by atoms with van der Waals surface area (Å²) in [4.78, 5) is 41.7. The van der Waals surface area contributed by atoms with E-state index in [2.05, 4.69) is 10.6 Å². The molecule has 2 rings (SSSR count). The van der Waals surface area contributed by atoms with E-state index in [-0.39, 0.29) is 11.8 Å². The van der Waals surface area contributed by atoms with Gasteiger partial charge in [0.2, 0.25) is 11.8 Å². The van der Waals surface area contributed by atoms with E-state index in [1.807, 2.05) is 75.6 Å². The fourth-order valence-corrected chi connectivity index (χ4v) is 4.54. The Kier molecular flexibility index (Phi) is 11.5. The summed E-state index contributed by atoms with van der Waals surface area (Å²) in [6.07, 6.45) is 1.71. The van der Waals surface area contributed by atoms with Crippen LogP contribution in [-0.2, 0) is 20.9 Å². The highest BCUT2D eigenvalue weighted by Gasteiger charge is 2.36. The Morgan fingerprint density at radius 2 is 1.73 bits per heavy atom. The summed E-state index contributed by atoms with van der Waals surface area (Å²) in [7, 11) is 0. The molecule has 0 bridgehead atoms. The molecule has 0 radical (unpaired) electrons. The molecule has 8 heteroatoms. The molecule has 0 aliphatic rings. The fraction of sp³-hybridized carbons (Fsp3) is 0.483. The molecule has 0 aliphatic carbocycles. The molecule has 37 heavy (non-hydrogen) atoms. The van der Waals surface area contributed by atoms with Crippen LogP contribution in [0, 0.1) is 13.8 Å². The summed E-state index contributed by atoms with van der Waals surface area (Å²) in [6.45, 7) is 11.7. The van der Waals surface area contributed by atoms with E-state index in [1.165, 1.54) is 0 Å². The van der Waals surface area contributed by atoms with Crippen LogP contribution >= 0.6 is 11.8 Å². The Labute approximate surface area is 225 Å². The lowest BCUT2D eigenvalue weighted by molar-refractivity contribution is -0.142. The highest BCUT2D eigenvalue weighted by molar-refractivity contribution is 7.98. The van der Waals surface area contributed by atoms with E-state index in [0.717, 1.165) is 22.3 Å². The van der Waals surface area contributed by atoms with Crippen molar-refractivity contribution in [2.75, 3.05) is 18.6 Å². The van der Waals surface area contributed by atoms with Gasteiger partial charge >= 0.3 is 6.09 Å². The van der Waals surface area contributed by atoms with Crippen LogP contribution in [0.4, 0.5) is 4.79 Å². The first-order valence-electron chi connectivity index (χ1n) is 12.6. The van der Waals surface area contributed by atoms with Crippen molar-refractivity contribution in [2.24, 2.45) is 0 Å². The molecule has 0 heterocycles. The average Bonchev–Trinajstić information content (AvgIpc) is 2.83. The van der Waals surface area contributed by atoms with E-state index in [1.54, 1.807) is 37.4 Å². The number of thioether (sulfide) groups is 1. The SMILES string of the molecule is CCN(C(=O)C(CCSC)NC(=O)OC(C)(C)C)C(C(=O)NCc1ccccc1)c1ccc(C)cc1C. The zero-order valence-electron chi connectivity index (χ0n) is 23.1. The molecule has 3 amide bonds. The number of amides is 3. The second-order valence-electron chi connectivity index (χ2n) is 10.1. The zero-order chi connectivity index (χ0) is 27.6. The predicted octanol–water partition coefficient (Wildman–Crippen LogP) is 5.16. The van der Waals surface area contributed by atoms with Crippen molar-refractivity contribution in [3.63, 3.8) is 0 Å². The first-order chi connectivity index (χ1) is 17.5. The standard InChI is InChI=1S/C29H41N3O4S/c1-8-32(27(34)24(16-17-37-7)31-28(35)36-29(4,5)6)25(23-15-14-20(2)18-21(23)3)26(33)30-19-22-12-10-9-11-13-22/h9-15,18,24-25H,8,16-17,19H2,1-7H3,(H,30,33)(H,31,35). The molecule has 0 spiro atoms. The minimum atomic E-state index is -0.848. The highest BCUT2D eigenvalue weighted by atomic mass is 32.2. The Morgan fingerprint density at radius 3 is 2.30 bits per heavy atom. The summed E-state index contributed by atoms with van der Waals surface area (Å²) in [5.41, 5.74) is 3.03. The minimum absolute atomic E-state index is 0.271. The van der Waals surface area contributed by atoms with Crippen molar-refractivity contribution in [2.45, 2.75) is 72.2 Å². The van der Waals surface area contributed by atoms with Gasteiger partial charge in [-0.1, -0.05) is 54.1 Å². The van der Waals surface area contributed by atoms with Crippen LogP contribution in [0.1, 0.15) is 62.4 Å². The van der Waals surface area contributed by atoms with Gasteiger partial charge in [0.15, 0.2) is 0 Å². The molecule has 2 aromatic rings. The molecule has 0 aromatic heterocycles. The maximum atomic E-state index is 13.9. The third-order valence-corrected chi connectivity index (χ3v) is 6.46. The summed E-state index contributed by atoms with van der Waals surface area (Å²) in [5.74, 6) is 0.0761. The molecule has 2 N–H and O–H groups in total. The van der Waals surface area contributed by atoms with Gasteiger partial charge < -0.3 is 20.3 Å². The van der Waals surface area contributed by atoms with Crippen molar-refractivity contribution in [1.82, 2.24) is 15.5 Å². The summed E-state index contributed by atoms with van der Waals surface area (Å²) in [5, 5.41) is 5.77. The lowest BCUT2D eigenvalue weighted by Gasteiger charge is -2.34. The van der Waals surface area contributed by atoms with Crippen molar-refractivity contribution in [3.05, 3.63) is 70.8 Å². The smallest absolute Gasteiger partial charge is 0.408 e. The van der Waals surface area contributed by atoms with Crippen LogP contribution in [0.15, 0.2) is 48.5 Å². The number of benzene rings is 2. The topological polar surface area (TPSA) is 87.7 Å². The third-order valence-electron chi connectivity index (χ3n) is 5.81. The van der Waals surface area contributed by atoms with E-state index < -0.39 is 23.8 Å². The first-order valence-corrected chi connectivity index (χ1v) is 14.0. The quantitative estimate of drug-likeness (QED) is 0.422. The minimum Gasteiger partial charge on any atom is -0.444 e. The van der Waals surface area contributed by atoms with Gasteiger partial charge in [-0.3, -0.25) is 9.59 Å². The monoisotopic (exact) mass is 527 g/mol. The zero-order valence-corrected chi connectivity index (χ0v) is 23.9. The molecule has 0 saturated carbocycles. The van der Waals surface area contributed by atoms with Crippen molar-refractivity contribution >= 4 is 29.7 Å². The number of likely N-dealkylation sites (N-methyl/N-ethyl adjacent to an activating group) is 1. The number of hydrogen-bond donors (Lipinski definition) is 2. The molecule has 2 atom stereocenters. The second-order valence-corrected chi connectivity index (χ2v) is 11.1. The number of carbonyl (C=O) groups excluding carboxylic acids is 3. The van der Waals surface area contributed by atoms with Crippen LogP contribution in [0.3, 0.4) is 0 Å². The van der Waals surface area contributed by atoms with Gasteiger partial charge in [-0.25, -0.2) is 4.79 Å². The average molecular weight is 528 g/mol. The number of nitrogens with one attached hydrogen (secondary N) is 2. The number of ether oxygens (including phenoxy) is 1. The normalized spacial score (nSPS) is 12.8. The number of nitrogens with zero attached hydrogens (tertiary/aromatic N) is 1. The van der Waals surface area contributed by atoms with Gasteiger partial charge in [0.1, 0.15) is 17.7 Å². The summed E-state index contributed by atoms with van der Waals surface area (Å²) >= 11 is 1.59. The Balaban J connectivity index is 2.40. The highest BCUT2D eigenvalue weighted by Crippen LogP contribution is 2.27. The van der Waals surface area contributed by atoms with Crippen LogP contribution < -0.4 is 10.6 Å². The van der Waals surface area contributed by atoms with Gasteiger partial charge in [-0.15, -0.1) is 0 Å². The Morgan fingerprint density at radius 1 is 1.05 bits per heavy atom. The number of alkyl carbamates (subject to hydrolysis) is 1. The van der Waals surface area contributed by atoms with Gasteiger partial charge in [-0.05, 0) is 76.7 Å². The second kappa shape index (κ2) is 14.1. The molecule has 0 fully saturated rings. The summed E-state index contributed by atoms with van der Waals surface area (Å²) < 4.78 is 5.42. The fourth-order valence-electron chi connectivity index (χ4n) is 4.07. The first kappa shape index (κ1) is 30.2. The van der Waals surface area contributed by atoms with Crippen molar-refractivity contribution in [3.8, 4) is 0 Å². The maximum Gasteiger partial charge on any atom is 0.408 e. The molecule has 2 aromatic carbocycles. The number of rotatable bonds is 11. The summed E-state index contributed by atoms with van der Waals surface area (Å²) in [6, 6.07) is 13.8. The van der Waals surface area contributed by atoms with Gasteiger partial charge in [0, 0.05) is 13.1 Å². The van der Waals surface area contributed by atoms with E-state index in [9.17, 15) is 14.4 Å². The lowest BCUT2D eigenvalue weighted by atomic mass is 9.96. The molecule has 202 valence electrons. The molecule has 0 saturated heterocycles. The van der Waals surface area contributed by atoms with Gasteiger partial charge in [-0.2, -0.15) is 11.8 Å².